The van der Waals surface area contributed by atoms with Crippen LogP contribution in [0.15, 0.2) is 34.9 Å². The maximum atomic E-state index is 12.5. The van der Waals surface area contributed by atoms with E-state index >= 15 is 0 Å². The highest BCUT2D eigenvalue weighted by molar-refractivity contribution is 9.10. The van der Waals surface area contributed by atoms with Gasteiger partial charge in [0.15, 0.2) is 5.69 Å². The van der Waals surface area contributed by atoms with Crippen LogP contribution in [0.4, 0.5) is 13.2 Å². The lowest BCUT2D eigenvalue weighted by atomic mass is 10.2. The van der Waals surface area contributed by atoms with E-state index in [0.717, 1.165) is 10.7 Å². The predicted molar refractivity (Wildman–Crippen MR) is 61.3 cm³/mol. The second-order valence-corrected chi connectivity index (χ2v) is 4.48. The second kappa shape index (κ2) is 4.18. The third kappa shape index (κ3) is 2.52. The van der Waals surface area contributed by atoms with Gasteiger partial charge in [0, 0.05) is 23.3 Å². The van der Waals surface area contributed by atoms with Crippen molar-refractivity contribution >= 4 is 15.9 Å². The number of hydrogen-bond acceptors (Lipinski definition) is 1. The molecule has 0 fully saturated rings. The number of alkyl halides is 3. The molecule has 0 amide bonds. The first kappa shape index (κ1) is 12.2. The zero-order chi connectivity index (χ0) is 12.6. The molecule has 0 radical (unpaired) electrons. The maximum Gasteiger partial charge on any atom is 0.434 e. The van der Waals surface area contributed by atoms with Crippen molar-refractivity contribution in [1.29, 1.82) is 0 Å². The average molecular weight is 305 g/mol. The summed E-state index contributed by atoms with van der Waals surface area (Å²) in [5.74, 6) is 0.296. The fraction of sp³-hybridized carbons (Fsp3) is 0.182. The van der Waals surface area contributed by atoms with Crippen LogP contribution in [-0.4, -0.2) is 9.55 Å². The van der Waals surface area contributed by atoms with E-state index in [9.17, 15) is 13.2 Å². The summed E-state index contributed by atoms with van der Waals surface area (Å²) < 4.78 is 39.7. The first-order valence-electron chi connectivity index (χ1n) is 4.74. The lowest BCUT2D eigenvalue weighted by Crippen LogP contribution is -2.04. The van der Waals surface area contributed by atoms with Gasteiger partial charge in [-0.1, -0.05) is 28.1 Å². The lowest BCUT2D eigenvalue weighted by Gasteiger charge is -2.01. The SMILES string of the molecule is Cn1cc(C(F)(F)F)nc1-c1ccc(Br)cc1. The number of rotatable bonds is 1. The lowest BCUT2D eigenvalue weighted by molar-refractivity contribution is -0.140. The standard InChI is InChI=1S/C11H8BrF3N2/c1-17-6-9(11(13,14)15)16-10(17)7-2-4-8(12)5-3-7/h2-6H,1H3. The first-order chi connectivity index (χ1) is 7.88. The monoisotopic (exact) mass is 304 g/mol. The normalized spacial score (nSPS) is 11.8. The van der Waals surface area contributed by atoms with Crippen LogP contribution in [0.2, 0.25) is 0 Å². The minimum Gasteiger partial charge on any atom is -0.333 e. The van der Waals surface area contributed by atoms with Crippen molar-refractivity contribution in [2.24, 2.45) is 7.05 Å². The Morgan fingerprint density at radius 2 is 1.76 bits per heavy atom. The molecule has 0 atom stereocenters. The maximum absolute atomic E-state index is 12.5. The largest absolute Gasteiger partial charge is 0.434 e. The highest BCUT2D eigenvalue weighted by Gasteiger charge is 2.34. The van der Waals surface area contributed by atoms with Crippen molar-refractivity contribution in [2.75, 3.05) is 0 Å². The molecule has 0 aliphatic rings. The van der Waals surface area contributed by atoms with Crippen LogP contribution in [0.25, 0.3) is 11.4 Å². The van der Waals surface area contributed by atoms with E-state index in [-0.39, 0.29) is 0 Å². The highest BCUT2D eigenvalue weighted by atomic mass is 79.9. The minimum atomic E-state index is -4.41. The van der Waals surface area contributed by atoms with Crippen molar-refractivity contribution in [1.82, 2.24) is 9.55 Å². The fourth-order valence-corrected chi connectivity index (χ4v) is 1.73. The Balaban J connectivity index is 2.46. The van der Waals surface area contributed by atoms with Crippen molar-refractivity contribution in [3.05, 3.63) is 40.6 Å². The molecule has 0 unspecified atom stereocenters. The number of imidazole rings is 1. The molecule has 2 nitrogen and oxygen atoms in total. The van der Waals surface area contributed by atoms with E-state index in [1.54, 1.807) is 31.3 Å². The van der Waals surface area contributed by atoms with Crippen molar-refractivity contribution in [2.45, 2.75) is 6.18 Å². The summed E-state index contributed by atoms with van der Waals surface area (Å²) in [6.45, 7) is 0. The summed E-state index contributed by atoms with van der Waals surface area (Å²) in [7, 11) is 1.54. The summed E-state index contributed by atoms with van der Waals surface area (Å²) in [5, 5.41) is 0. The van der Waals surface area contributed by atoms with E-state index < -0.39 is 11.9 Å². The van der Waals surface area contributed by atoms with Crippen LogP contribution in [0.5, 0.6) is 0 Å². The van der Waals surface area contributed by atoms with Crippen LogP contribution in [-0.2, 0) is 13.2 Å². The fourth-order valence-electron chi connectivity index (χ4n) is 1.47. The summed E-state index contributed by atoms with van der Waals surface area (Å²) in [4.78, 5) is 3.60. The van der Waals surface area contributed by atoms with Gasteiger partial charge in [0.1, 0.15) is 5.82 Å². The van der Waals surface area contributed by atoms with Gasteiger partial charge in [-0.25, -0.2) is 4.98 Å². The molecule has 0 aliphatic carbocycles. The highest BCUT2D eigenvalue weighted by Crippen LogP contribution is 2.30. The second-order valence-electron chi connectivity index (χ2n) is 3.57. The molecule has 0 N–H and O–H groups in total. The summed E-state index contributed by atoms with van der Waals surface area (Å²) >= 11 is 3.27. The molecule has 2 rings (SSSR count). The zero-order valence-electron chi connectivity index (χ0n) is 8.79. The first-order valence-corrected chi connectivity index (χ1v) is 5.54. The Hall–Kier alpha value is -1.30. The molecule has 17 heavy (non-hydrogen) atoms. The van der Waals surface area contributed by atoms with Gasteiger partial charge in [-0.15, -0.1) is 0 Å². The molecule has 2 aromatic rings. The number of aryl methyl sites for hydroxylation is 1. The third-order valence-corrected chi connectivity index (χ3v) is 2.80. The summed E-state index contributed by atoms with van der Waals surface area (Å²) in [6, 6.07) is 6.95. The van der Waals surface area contributed by atoms with Gasteiger partial charge in [-0.3, -0.25) is 0 Å². The van der Waals surface area contributed by atoms with E-state index in [1.807, 2.05) is 0 Å². The van der Waals surface area contributed by atoms with Gasteiger partial charge >= 0.3 is 6.18 Å². The minimum absolute atomic E-state index is 0.296. The molecule has 90 valence electrons. The quantitative estimate of drug-likeness (QED) is 0.782. The summed E-state index contributed by atoms with van der Waals surface area (Å²) in [6.07, 6.45) is -3.43. The average Bonchev–Trinajstić information content (AvgIpc) is 2.61. The van der Waals surface area contributed by atoms with Gasteiger partial charge < -0.3 is 4.57 Å². The van der Waals surface area contributed by atoms with Crippen molar-refractivity contribution in [3.63, 3.8) is 0 Å². The van der Waals surface area contributed by atoms with Crippen LogP contribution >= 0.6 is 15.9 Å². The topological polar surface area (TPSA) is 17.8 Å². The molecular formula is C11H8BrF3N2. The van der Waals surface area contributed by atoms with Crippen molar-refractivity contribution < 1.29 is 13.2 Å². The number of halogens is 4. The van der Waals surface area contributed by atoms with Gasteiger partial charge in [-0.05, 0) is 12.1 Å². The van der Waals surface area contributed by atoms with Crippen molar-refractivity contribution in [3.8, 4) is 11.4 Å². The van der Waals surface area contributed by atoms with Gasteiger partial charge in [-0.2, -0.15) is 13.2 Å². The van der Waals surface area contributed by atoms with Gasteiger partial charge in [0.25, 0.3) is 0 Å². The summed E-state index contributed by atoms with van der Waals surface area (Å²) in [5.41, 5.74) is -0.232. The molecule has 1 aromatic heterocycles. The molecule has 0 aliphatic heterocycles. The molecular weight excluding hydrogens is 297 g/mol. The van der Waals surface area contributed by atoms with Gasteiger partial charge in [0.05, 0.1) is 0 Å². The number of benzene rings is 1. The zero-order valence-corrected chi connectivity index (χ0v) is 10.4. The Morgan fingerprint density at radius 1 is 1.18 bits per heavy atom. The smallest absolute Gasteiger partial charge is 0.333 e. The molecule has 0 saturated heterocycles. The molecule has 0 saturated carbocycles. The van der Waals surface area contributed by atoms with Crippen LogP contribution in [0.1, 0.15) is 5.69 Å². The van der Waals surface area contributed by atoms with Crippen LogP contribution < -0.4 is 0 Å². The molecule has 0 spiro atoms. The number of nitrogens with zero attached hydrogens (tertiary/aromatic N) is 2. The van der Waals surface area contributed by atoms with E-state index in [4.69, 9.17) is 0 Å². The van der Waals surface area contributed by atoms with Crippen LogP contribution in [0, 0.1) is 0 Å². The molecule has 1 aromatic carbocycles. The molecule has 6 heteroatoms. The molecule has 1 heterocycles. The van der Waals surface area contributed by atoms with E-state index in [2.05, 4.69) is 20.9 Å². The Morgan fingerprint density at radius 3 is 2.24 bits per heavy atom. The van der Waals surface area contributed by atoms with Crippen LogP contribution in [0.3, 0.4) is 0 Å². The van der Waals surface area contributed by atoms with E-state index in [0.29, 0.717) is 11.4 Å². The Bertz CT molecular complexity index is 529. The third-order valence-electron chi connectivity index (χ3n) is 2.27. The predicted octanol–water partition coefficient (Wildman–Crippen LogP) is 3.87. The van der Waals surface area contributed by atoms with Gasteiger partial charge in [0.2, 0.25) is 0 Å². The number of aromatic nitrogens is 2. The Labute approximate surface area is 104 Å². The van der Waals surface area contributed by atoms with E-state index in [1.165, 1.54) is 4.57 Å². The molecule has 0 bridgehead atoms. The Kier molecular flexibility index (Phi) is 2.99. The number of hydrogen-bond donors (Lipinski definition) is 0.